The van der Waals surface area contributed by atoms with Gasteiger partial charge in [-0.2, -0.15) is 0 Å². The molecule has 2 heteroatoms. The van der Waals surface area contributed by atoms with Crippen molar-refractivity contribution in [1.82, 2.24) is 4.90 Å². The molecule has 0 saturated carbocycles. The van der Waals surface area contributed by atoms with Crippen LogP contribution in [0.2, 0.25) is 0 Å². The van der Waals surface area contributed by atoms with E-state index in [2.05, 4.69) is 24.8 Å². The van der Waals surface area contributed by atoms with E-state index in [1.165, 1.54) is 13.0 Å². The van der Waals surface area contributed by atoms with Crippen molar-refractivity contribution >= 4 is 0 Å². The molecular formula is C10H20N2. The van der Waals surface area contributed by atoms with E-state index in [0.717, 1.165) is 19.5 Å². The molecule has 70 valence electrons. The molecule has 0 aliphatic carbocycles. The van der Waals surface area contributed by atoms with Gasteiger partial charge in [0.15, 0.2) is 0 Å². The zero-order chi connectivity index (χ0) is 8.97. The quantitative estimate of drug-likeness (QED) is 0.645. The van der Waals surface area contributed by atoms with Crippen molar-refractivity contribution in [2.75, 3.05) is 19.6 Å². The van der Waals surface area contributed by atoms with Crippen LogP contribution in [0.15, 0.2) is 11.6 Å². The SMILES string of the molecule is CC(C)N1CC/C(=C/CCN)C1. The molecule has 1 rings (SSSR count). The van der Waals surface area contributed by atoms with Crippen molar-refractivity contribution in [3.63, 3.8) is 0 Å². The summed E-state index contributed by atoms with van der Waals surface area (Å²) in [6.07, 6.45) is 4.60. The number of rotatable bonds is 3. The molecule has 0 bridgehead atoms. The minimum absolute atomic E-state index is 0.689. The summed E-state index contributed by atoms with van der Waals surface area (Å²) in [5.41, 5.74) is 7.02. The van der Waals surface area contributed by atoms with E-state index in [4.69, 9.17) is 5.73 Å². The summed E-state index contributed by atoms with van der Waals surface area (Å²) in [6, 6.07) is 0.689. The van der Waals surface area contributed by atoms with Crippen LogP contribution in [0.4, 0.5) is 0 Å². The lowest BCUT2D eigenvalue weighted by Gasteiger charge is -2.18. The van der Waals surface area contributed by atoms with Gasteiger partial charge in [0.1, 0.15) is 0 Å². The van der Waals surface area contributed by atoms with Gasteiger partial charge in [0.25, 0.3) is 0 Å². The third-order valence-electron chi connectivity index (χ3n) is 2.46. The van der Waals surface area contributed by atoms with Crippen LogP contribution in [0.3, 0.4) is 0 Å². The van der Waals surface area contributed by atoms with E-state index in [1.54, 1.807) is 5.57 Å². The average molecular weight is 168 g/mol. The Morgan fingerprint density at radius 1 is 1.58 bits per heavy atom. The van der Waals surface area contributed by atoms with Crippen molar-refractivity contribution in [2.45, 2.75) is 32.7 Å². The van der Waals surface area contributed by atoms with Crippen LogP contribution in [0, 0.1) is 0 Å². The van der Waals surface area contributed by atoms with Gasteiger partial charge in [-0.1, -0.05) is 11.6 Å². The lowest BCUT2D eigenvalue weighted by atomic mass is 10.2. The maximum absolute atomic E-state index is 5.44. The van der Waals surface area contributed by atoms with Gasteiger partial charge in [0, 0.05) is 19.1 Å². The molecule has 0 aromatic rings. The molecule has 2 nitrogen and oxygen atoms in total. The van der Waals surface area contributed by atoms with Gasteiger partial charge >= 0.3 is 0 Å². The summed E-state index contributed by atoms with van der Waals surface area (Å²) >= 11 is 0. The lowest BCUT2D eigenvalue weighted by Crippen LogP contribution is -2.27. The fourth-order valence-corrected chi connectivity index (χ4v) is 1.60. The van der Waals surface area contributed by atoms with Crippen molar-refractivity contribution in [1.29, 1.82) is 0 Å². The monoisotopic (exact) mass is 168 g/mol. The maximum atomic E-state index is 5.44. The fraction of sp³-hybridized carbons (Fsp3) is 0.800. The summed E-state index contributed by atoms with van der Waals surface area (Å²) < 4.78 is 0. The van der Waals surface area contributed by atoms with Crippen molar-refractivity contribution in [3.8, 4) is 0 Å². The van der Waals surface area contributed by atoms with Gasteiger partial charge in [-0.15, -0.1) is 0 Å². The second-order valence-electron chi connectivity index (χ2n) is 3.75. The lowest BCUT2D eigenvalue weighted by molar-refractivity contribution is 0.281. The highest BCUT2D eigenvalue weighted by Gasteiger charge is 2.17. The van der Waals surface area contributed by atoms with E-state index in [-0.39, 0.29) is 0 Å². The Morgan fingerprint density at radius 3 is 2.83 bits per heavy atom. The molecule has 0 atom stereocenters. The van der Waals surface area contributed by atoms with E-state index >= 15 is 0 Å². The van der Waals surface area contributed by atoms with Gasteiger partial charge in [0.2, 0.25) is 0 Å². The molecular weight excluding hydrogens is 148 g/mol. The minimum Gasteiger partial charge on any atom is -0.330 e. The van der Waals surface area contributed by atoms with E-state index in [1.807, 2.05) is 0 Å². The largest absolute Gasteiger partial charge is 0.330 e. The third-order valence-corrected chi connectivity index (χ3v) is 2.46. The van der Waals surface area contributed by atoms with E-state index < -0.39 is 0 Å². The molecule has 0 spiro atoms. The molecule has 0 amide bonds. The Kier molecular flexibility index (Phi) is 3.76. The standard InChI is InChI=1S/C10H20N2/c1-9(2)12-7-5-10(8-12)4-3-6-11/h4,9H,3,5-8,11H2,1-2H3/b10-4-. The summed E-state index contributed by atoms with van der Waals surface area (Å²) in [4.78, 5) is 2.50. The first kappa shape index (κ1) is 9.75. The molecule has 1 saturated heterocycles. The Hall–Kier alpha value is -0.340. The first-order valence-electron chi connectivity index (χ1n) is 4.86. The molecule has 12 heavy (non-hydrogen) atoms. The molecule has 0 aromatic heterocycles. The maximum Gasteiger partial charge on any atom is 0.0196 e. The minimum atomic E-state index is 0.689. The van der Waals surface area contributed by atoms with Crippen molar-refractivity contribution < 1.29 is 0 Å². The molecule has 0 radical (unpaired) electrons. The van der Waals surface area contributed by atoms with Gasteiger partial charge < -0.3 is 5.73 Å². The third kappa shape index (κ3) is 2.61. The van der Waals surface area contributed by atoms with Gasteiger partial charge in [-0.25, -0.2) is 0 Å². The smallest absolute Gasteiger partial charge is 0.0196 e. The molecule has 2 N–H and O–H groups in total. The summed E-state index contributed by atoms with van der Waals surface area (Å²) in [5.74, 6) is 0. The summed E-state index contributed by atoms with van der Waals surface area (Å²) in [7, 11) is 0. The molecule has 0 aromatic carbocycles. The van der Waals surface area contributed by atoms with Gasteiger partial charge in [-0.05, 0) is 33.2 Å². The van der Waals surface area contributed by atoms with Crippen molar-refractivity contribution in [2.24, 2.45) is 5.73 Å². The Balaban J connectivity index is 2.34. The number of hydrogen-bond acceptors (Lipinski definition) is 2. The average Bonchev–Trinajstić information content (AvgIpc) is 2.48. The Labute approximate surface area is 75.4 Å². The zero-order valence-corrected chi connectivity index (χ0v) is 8.21. The number of hydrogen-bond donors (Lipinski definition) is 1. The highest BCUT2D eigenvalue weighted by molar-refractivity contribution is 5.10. The highest BCUT2D eigenvalue weighted by Crippen LogP contribution is 2.17. The van der Waals surface area contributed by atoms with Gasteiger partial charge in [-0.3, -0.25) is 4.90 Å². The van der Waals surface area contributed by atoms with Crippen molar-refractivity contribution in [3.05, 3.63) is 11.6 Å². The van der Waals surface area contributed by atoms with Crippen LogP contribution >= 0.6 is 0 Å². The van der Waals surface area contributed by atoms with Crippen LogP contribution < -0.4 is 5.73 Å². The van der Waals surface area contributed by atoms with Crippen LogP contribution in [0.25, 0.3) is 0 Å². The molecule has 0 unspecified atom stereocenters. The number of likely N-dealkylation sites (tertiary alicyclic amines) is 1. The van der Waals surface area contributed by atoms with E-state index in [9.17, 15) is 0 Å². The fourth-order valence-electron chi connectivity index (χ4n) is 1.60. The predicted octanol–water partition coefficient (Wildman–Crippen LogP) is 1.38. The van der Waals surface area contributed by atoms with E-state index in [0.29, 0.717) is 6.04 Å². The van der Waals surface area contributed by atoms with Crippen LogP contribution in [-0.4, -0.2) is 30.6 Å². The Bertz CT molecular complexity index is 161. The second-order valence-corrected chi connectivity index (χ2v) is 3.75. The number of nitrogens with zero attached hydrogens (tertiary/aromatic N) is 1. The first-order valence-corrected chi connectivity index (χ1v) is 4.86. The molecule has 1 fully saturated rings. The Morgan fingerprint density at radius 2 is 2.33 bits per heavy atom. The highest BCUT2D eigenvalue weighted by atomic mass is 15.2. The summed E-state index contributed by atoms with van der Waals surface area (Å²) in [5, 5.41) is 0. The second kappa shape index (κ2) is 4.63. The van der Waals surface area contributed by atoms with Crippen LogP contribution in [0.5, 0.6) is 0 Å². The van der Waals surface area contributed by atoms with Gasteiger partial charge in [0.05, 0.1) is 0 Å². The predicted molar refractivity (Wildman–Crippen MR) is 53.1 cm³/mol. The molecule has 1 aliphatic heterocycles. The normalized spacial score (nSPS) is 22.8. The molecule has 1 heterocycles. The van der Waals surface area contributed by atoms with Crippen LogP contribution in [-0.2, 0) is 0 Å². The zero-order valence-electron chi connectivity index (χ0n) is 8.21. The van der Waals surface area contributed by atoms with Crippen LogP contribution in [0.1, 0.15) is 26.7 Å². The topological polar surface area (TPSA) is 29.3 Å². The first-order chi connectivity index (χ1) is 5.74. The summed E-state index contributed by atoms with van der Waals surface area (Å²) in [6.45, 7) is 7.69. The number of nitrogens with two attached hydrogens (primary N) is 1. The molecule has 1 aliphatic rings.